The number of fused-ring (bicyclic) bond motifs is 3. The fourth-order valence-corrected chi connectivity index (χ4v) is 8.30. The average Bonchev–Trinajstić information content (AvgIpc) is 3.80. The van der Waals surface area contributed by atoms with Crippen molar-refractivity contribution in [2.24, 2.45) is 0 Å². The fraction of sp³-hybridized carbons (Fsp3) is 0.315. The second kappa shape index (κ2) is 14.5. The topological polar surface area (TPSA) is 33.5 Å². The van der Waals surface area contributed by atoms with E-state index in [1.165, 1.54) is 44.5 Å². The van der Waals surface area contributed by atoms with Gasteiger partial charge in [0.15, 0.2) is 0 Å². The molecule has 0 bridgehead atoms. The molecule has 7 aromatic rings. The molecule has 1 aliphatic heterocycles. The van der Waals surface area contributed by atoms with Crippen molar-refractivity contribution in [3.05, 3.63) is 156 Å². The Morgan fingerprint density at radius 2 is 1.10 bits per heavy atom. The molecule has 0 saturated carbocycles. The molecule has 1 aliphatic rings. The molecule has 0 N–H and O–H groups in total. The number of para-hydroxylation sites is 1. The van der Waals surface area contributed by atoms with Crippen molar-refractivity contribution in [1.82, 2.24) is 9.55 Å². The first kappa shape index (κ1) is 40.0. The lowest BCUT2D eigenvalue weighted by atomic mass is 9.71. The lowest BCUT2D eigenvalue weighted by molar-refractivity contribution is 0.483. The van der Waals surface area contributed by atoms with Crippen molar-refractivity contribution < 1.29 is 4.74 Å². The van der Waals surface area contributed by atoms with E-state index in [-0.39, 0.29) is 21.7 Å². The second-order valence-corrected chi connectivity index (χ2v) is 20.4. The van der Waals surface area contributed by atoms with Gasteiger partial charge in [-0.15, -0.1) is 0 Å². The molecule has 0 atom stereocenters. The van der Waals surface area contributed by atoms with Gasteiger partial charge in [0.25, 0.3) is 0 Å². The summed E-state index contributed by atoms with van der Waals surface area (Å²) in [6, 6.07) is 41.7. The number of ether oxygens (including phenoxy) is 1. The summed E-state index contributed by atoms with van der Waals surface area (Å²) in [6.45, 7) is 28.4. The van der Waals surface area contributed by atoms with Crippen molar-refractivity contribution in [2.75, 3.05) is 16.5 Å². The van der Waals surface area contributed by atoms with E-state index in [4.69, 9.17) is 9.72 Å². The van der Waals surface area contributed by atoms with Crippen LogP contribution in [-0.2, 0) is 21.7 Å². The maximum Gasteiger partial charge on any atom is 0.138 e. The largest absolute Gasteiger partial charge is 0.457 e. The Kier molecular flexibility index (Phi) is 9.81. The minimum Gasteiger partial charge on any atom is -0.457 e. The highest BCUT2D eigenvalue weighted by atomic mass is 16.5. The number of hydrogen-bond acceptors (Lipinski definition) is 4. The van der Waals surface area contributed by atoms with Crippen molar-refractivity contribution >= 4 is 33.2 Å². The number of rotatable bonds is 6. The van der Waals surface area contributed by atoms with Crippen LogP contribution >= 0.6 is 0 Å². The Bertz CT molecular complexity index is 2670. The summed E-state index contributed by atoms with van der Waals surface area (Å²) in [5, 5.41) is 2.34. The fourth-order valence-electron chi connectivity index (χ4n) is 8.30. The Balaban J connectivity index is 1.15. The highest BCUT2D eigenvalue weighted by molar-refractivity contribution is 6.09. The molecule has 0 radical (unpaired) electrons. The number of anilines is 2. The quantitative estimate of drug-likeness (QED) is 0.168. The molecule has 2 aromatic heterocycles. The monoisotopic (exact) mass is 780 g/mol. The van der Waals surface area contributed by atoms with E-state index in [0.717, 1.165) is 46.1 Å². The molecule has 302 valence electrons. The molecule has 8 rings (SSSR count). The number of benzene rings is 5. The van der Waals surface area contributed by atoms with Crippen LogP contribution in [0.25, 0.3) is 38.8 Å². The van der Waals surface area contributed by atoms with E-state index in [1.54, 1.807) is 0 Å². The lowest BCUT2D eigenvalue weighted by Gasteiger charge is -2.34. The average molecular weight is 781 g/mol. The molecule has 0 saturated heterocycles. The van der Waals surface area contributed by atoms with Crippen LogP contribution in [0.2, 0.25) is 0 Å². The predicted molar refractivity (Wildman–Crippen MR) is 251 cm³/mol. The van der Waals surface area contributed by atoms with Crippen molar-refractivity contribution in [3.8, 4) is 28.4 Å². The summed E-state index contributed by atoms with van der Waals surface area (Å²) in [4.78, 5) is 9.58. The van der Waals surface area contributed by atoms with Gasteiger partial charge in [-0.05, 0) is 110 Å². The number of pyridine rings is 1. The summed E-state index contributed by atoms with van der Waals surface area (Å²) in [7, 11) is 0. The van der Waals surface area contributed by atoms with E-state index in [2.05, 4.69) is 219 Å². The van der Waals surface area contributed by atoms with Crippen LogP contribution in [0.1, 0.15) is 105 Å². The highest BCUT2D eigenvalue weighted by Gasteiger charge is 2.30. The normalized spacial score (nSPS) is 13.9. The molecule has 0 aliphatic carbocycles. The van der Waals surface area contributed by atoms with Crippen LogP contribution in [-0.4, -0.2) is 16.2 Å². The first-order valence-corrected chi connectivity index (χ1v) is 21.1. The van der Waals surface area contributed by atoms with E-state index in [1.807, 2.05) is 12.3 Å². The SMILES string of the molecule is CC(C)(C)c1ccc(N2C=CN(c3cccc(Oc4ccc5c6ccccc6n(-c6cc(-c7c(C(C)(C)C)cc(C(C)(C)C)cc7C(C)(C)C)ccn6)c5c4)c3)C2)cc1. The highest BCUT2D eigenvalue weighted by Crippen LogP contribution is 2.44. The van der Waals surface area contributed by atoms with Crippen molar-refractivity contribution in [3.63, 3.8) is 0 Å². The molecular formula is C54H60N4O. The molecule has 5 nitrogen and oxygen atoms in total. The van der Waals surface area contributed by atoms with Gasteiger partial charge in [-0.1, -0.05) is 132 Å². The summed E-state index contributed by atoms with van der Waals surface area (Å²) >= 11 is 0. The summed E-state index contributed by atoms with van der Waals surface area (Å²) < 4.78 is 8.97. The first-order valence-electron chi connectivity index (χ1n) is 21.1. The van der Waals surface area contributed by atoms with Gasteiger partial charge in [0.05, 0.1) is 17.7 Å². The van der Waals surface area contributed by atoms with Gasteiger partial charge in [0, 0.05) is 52.9 Å². The molecule has 0 fully saturated rings. The van der Waals surface area contributed by atoms with Crippen LogP contribution in [0.3, 0.4) is 0 Å². The molecule has 5 heteroatoms. The van der Waals surface area contributed by atoms with E-state index in [9.17, 15) is 0 Å². The molecular weight excluding hydrogens is 721 g/mol. The minimum atomic E-state index is -0.0702. The third-order valence-electron chi connectivity index (χ3n) is 11.7. The van der Waals surface area contributed by atoms with Gasteiger partial charge in [-0.3, -0.25) is 4.57 Å². The standard InChI is InChI=1S/C54H60N4O/c1-51(2,3)37-20-22-39(23-21-37)56-28-29-57(35-56)40-16-15-17-41(33-40)59-42-24-25-44-43-18-13-14-19-47(43)58(48(44)34-42)49-30-36(26-27-55-49)50-45(53(7,8)9)31-38(52(4,5)6)32-46(50)54(10,11)12/h13-34H,35H2,1-12H3. The van der Waals surface area contributed by atoms with Crippen LogP contribution in [0, 0.1) is 0 Å². The van der Waals surface area contributed by atoms with E-state index >= 15 is 0 Å². The zero-order chi connectivity index (χ0) is 42.1. The molecule has 0 spiro atoms. The van der Waals surface area contributed by atoms with Gasteiger partial charge < -0.3 is 14.5 Å². The molecule has 59 heavy (non-hydrogen) atoms. The van der Waals surface area contributed by atoms with Crippen LogP contribution in [0.15, 0.2) is 134 Å². The Hall–Kier alpha value is -5.81. The Morgan fingerprint density at radius 1 is 0.492 bits per heavy atom. The van der Waals surface area contributed by atoms with Crippen LogP contribution in [0.4, 0.5) is 11.4 Å². The van der Waals surface area contributed by atoms with Gasteiger partial charge in [-0.2, -0.15) is 0 Å². The Morgan fingerprint density at radius 3 is 1.75 bits per heavy atom. The maximum absolute atomic E-state index is 6.67. The minimum absolute atomic E-state index is 0.0256. The zero-order valence-electron chi connectivity index (χ0n) is 37.1. The Labute approximate surface area is 352 Å². The lowest BCUT2D eigenvalue weighted by Crippen LogP contribution is -2.24. The van der Waals surface area contributed by atoms with E-state index in [0.29, 0.717) is 0 Å². The van der Waals surface area contributed by atoms with Crippen LogP contribution < -0.4 is 14.5 Å². The second-order valence-electron chi connectivity index (χ2n) is 20.4. The smallest absolute Gasteiger partial charge is 0.138 e. The number of hydrogen-bond donors (Lipinski definition) is 0. The number of aromatic nitrogens is 2. The predicted octanol–water partition coefficient (Wildman–Crippen LogP) is 14.6. The first-order chi connectivity index (χ1) is 27.8. The van der Waals surface area contributed by atoms with Gasteiger partial charge in [-0.25, -0.2) is 4.98 Å². The van der Waals surface area contributed by atoms with Crippen LogP contribution in [0.5, 0.6) is 11.5 Å². The molecule has 0 amide bonds. The maximum atomic E-state index is 6.67. The molecule has 3 heterocycles. The summed E-state index contributed by atoms with van der Waals surface area (Å²) in [6.07, 6.45) is 6.25. The van der Waals surface area contributed by atoms with Crippen molar-refractivity contribution in [1.29, 1.82) is 0 Å². The molecule has 0 unspecified atom stereocenters. The summed E-state index contributed by atoms with van der Waals surface area (Å²) in [5.74, 6) is 2.44. The van der Waals surface area contributed by atoms with Gasteiger partial charge in [0.1, 0.15) is 17.3 Å². The van der Waals surface area contributed by atoms with Gasteiger partial charge in [0.2, 0.25) is 0 Å². The van der Waals surface area contributed by atoms with Gasteiger partial charge >= 0.3 is 0 Å². The van der Waals surface area contributed by atoms with Crippen molar-refractivity contribution in [2.45, 2.75) is 105 Å². The third kappa shape index (κ3) is 7.88. The van der Waals surface area contributed by atoms with E-state index < -0.39 is 0 Å². The number of nitrogens with zero attached hydrogens (tertiary/aromatic N) is 4. The third-order valence-corrected chi connectivity index (χ3v) is 11.7. The molecule has 5 aromatic carbocycles. The zero-order valence-corrected chi connectivity index (χ0v) is 37.1. The summed E-state index contributed by atoms with van der Waals surface area (Å²) in [5.41, 5.74) is 12.3.